The highest BCUT2D eigenvalue weighted by Gasteiger charge is 2.37. The molecule has 0 aromatic carbocycles. The van der Waals surface area contributed by atoms with Crippen LogP contribution in [0.4, 0.5) is 23.8 Å². The largest absolute Gasteiger partial charge is 0.465 e. The first-order valence-corrected chi connectivity index (χ1v) is 8.01. The number of amides is 1. The Labute approximate surface area is 139 Å². The predicted molar refractivity (Wildman–Crippen MR) is 82.2 cm³/mol. The zero-order chi connectivity index (χ0) is 17.3. The number of alkyl halides is 3. The van der Waals surface area contributed by atoms with Gasteiger partial charge in [-0.25, -0.2) is 4.79 Å². The summed E-state index contributed by atoms with van der Waals surface area (Å²) in [5, 5.41) is 19.4. The molecule has 128 valence electrons. The summed E-state index contributed by atoms with van der Waals surface area (Å²) in [6.45, 7) is 1.25. The van der Waals surface area contributed by atoms with Crippen LogP contribution in [-0.2, 0) is 6.18 Å². The minimum Gasteiger partial charge on any atom is -0.465 e. The Morgan fingerprint density at radius 3 is 2.46 bits per heavy atom. The zero-order valence-electron chi connectivity index (χ0n) is 12.3. The number of halogens is 3. The monoisotopic (exact) mass is 358 g/mol. The highest BCUT2D eigenvalue weighted by atomic mass is 32.1. The molecular formula is C14H13F3N4O2S. The van der Waals surface area contributed by atoms with E-state index in [-0.39, 0.29) is 18.7 Å². The van der Waals surface area contributed by atoms with Crippen molar-refractivity contribution >= 4 is 23.2 Å². The molecule has 24 heavy (non-hydrogen) atoms. The molecule has 10 heteroatoms. The second-order valence-corrected chi connectivity index (χ2v) is 6.01. The molecule has 1 fully saturated rings. The van der Waals surface area contributed by atoms with Gasteiger partial charge in [0.15, 0.2) is 11.5 Å². The van der Waals surface area contributed by atoms with Crippen LogP contribution < -0.4 is 4.90 Å². The minimum atomic E-state index is -4.59. The van der Waals surface area contributed by atoms with Crippen molar-refractivity contribution in [2.24, 2.45) is 0 Å². The van der Waals surface area contributed by atoms with Crippen LogP contribution in [0.1, 0.15) is 5.69 Å². The number of piperazine rings is 1. The van der Waals surface area contributed by atoms with Gasteiger partial charge in [-0.05, 0) is 28.5 Å². The lowest BCUT2D eigenvalue weighted by atomic mass is 10.1. The van der Waals surface area contributed by atoms with E-state index in [4.69, 9.17) is 5.11 Å². The molecule has 2 aromatic heterocycles. The number of rotatable bonds is 2. The van der Waals surface area contributed by atoms with Crippen molar-refractivity contribution in [3.8, 4) is 11.1 Å². The van der Waals surface area contributed by atoms with E-state index in [1.54, 1.807) is 21.7 Å². The first kappa shape index (κ1) is 16.5. The first-order valence-electron chi connectivity index (χ1n) is 7.06. The van der Waals surface area contributed by atoms with Crippen LogP contribution in [0.15, 0.2) is 22.9 Å². The van der Waals surface area contributed by atoms with Crippen molar-refractivity contribution in [1.82, 2.24) is 15.1 Å². The first-order chi connectivity index (χ1) is 11.4. The van der Waals surface area contributed by atoms with Crippen molar-refractivity contribution in [1.29, 1.82) is 0 Å². The van der Waals surface area contributed by atoms with E-state index in [0.717, 1.165) is 0 Å². The van der Waals surface area contributed by atoms with Crippen molar-refractivity contribution < 1.29 is 23.1 Å². The molecule has 6 nitrogen and oxygen atoms in total. The summed E-state index contributed by atoms with van der Waals surface area (Å²) < 4.78 is 39.5. The van der Waals surface area contributed by atoms with Crippen LogP contribution in [0.2, 0.25) is 0 Å². The van der Waals surface area contributed by atoms with E-state index in [0.29, 0.717) is 24.5 Å². The van der Waals surface area contributed by atoms with E-state index in [9.17, 15) is 18.0 Å². The summed E-state index contributed by atoms with van der Waals surface area (Å²) in [6, 6.07) is 2.97. The van der Waals surface area contributed by atoms with Gasteiger partial charge in [0, 0.05) is 31.7 Å². The Balaban J connectivity index is 1.91. The molecule has 0 radical (unpaired) electrons. The molecule has 0 unspecified atom stereocenters. The van der Waals surface area contributed by atoms with Gasteiger partial charge in [0.25, 0.3) is 0 Å². The number of hydrogen-bond donors (Lipinski definition) is 1. The van der Waals surface area contributed by atoms with Gasteiger partial charge in [0.2, 0.25) is 0 Å². The lowest BCUT2D eigenvalue weighted by Crippen LogP contribution is -2.48. The predicted octanol–water partition coefficient (Wildman–Crippen LogP) is 3.02. The number of carboxylic acid groups (broad SMARTS) is 1. The molecule has 0 bridgehead atoms. The summed E-state index contributed by atoms with van der Waals surface area (Å²) in [6.07, 6.45) is -5.60. The Morgan fingerprint density at radius 1 is 1.21 bits per heavy atom. The van der Waals surface area contributed by atoms with Gasteiger partial charge in [-0.3, -0.25) is 0 Å². The standard InChI is InChI=1S/C14H13F3N4O2S/c15-14(16,17)12-10(9-1-6-24-8-9)7-11(18-19-12)20-2-4-21(5-3-20)13(22)23/h1,6-8H,2-5H2,(H,22,23). The summed E-state index contributed by atoms with van der Waals surface area (Å²) >= 11 is 1.30. The molecule has 1 aliphatic rings. The minimum absolute atomic E-state index is 0.0191. The van der Waals surface area contributed by atoms with Gasteiger partial charge in [0.05, 0.1) is 0 Å². The van der Waals surface area contributed by atoms with E-state index in [2.05, 4.69) is 10.2 Å². The van der Waals surface area contributed by atoms with Gasteiger partial charge >= 0.3 is 12.3 Å². The SMILES string of the molecule is O=C(O)N1CCN(c2cc(-c3ccsc3)c(C(F)(F)F)nn2)CC1. The summed E-state index contributed by atoms with van der Waals surface area (Å²) in [5.74, 6) is 0.314. The number of anilines is 1. The molecule has 1 saturated heterocycles. The van der Waals surface area contributed by atoms with Crippen molar-refractivity contribution in [2.75, 3.05) is 31.1 Å². The van der Waals surface area contributed by atoms with Crippen molar-refractivity contribution in [3.63, 3.8) is 0 Å². The highest BCUT2D eigenvalue weighted by Crippen LogP contribution is 2.37. The number of aromatic nitrogens is 2. The average molecular weight is 358 g/mol. The van der Waals surface area contributed by atoms with E-state index >= 15 is 0 Å². The molecule has 3 rings (SSSR count). The van der Waals surface area contributed by atoms with Crippen LogP contribution in [0.3, 0.4) is 0 Å². The fraction of sp³-hybridized carbons (Fsp3) is 0.357. The van der Waals surface area contributed by atoms with Crippen molar-refractivity contribution in [2.45, 2.75) is 6.18 Å². The molecule has 0 spiro atoms. The van der Waals surface area contributed by atoms with Crippen molar-refractivity contribution in [3.05, 3.63) is 28.6 Å². The van der Waals surface area contributed by atoms with E-state index in [1.165, 1.54) is 22.3 Å². The number of nitrogens with zero attached hydrogens (tertiary/aromatic N) is 4. The van der Waals surface area contributed by atoms with Gasteiger partial charge in [0.1, 0.15) is 0 Å². The highest BCUT2D eigenvalue weighted by molar-refractivity contribution is 7.08. The van der Waals surface area contributed by atoms with Gasteiger partial charge in [-0.1, -0.05) is 0 Å². The topological polar surface area (TPSA) is 69.6 Å². The van der Waals surface area contributed by atoms with Crippen LogP contribution >= 0.6 is 11.3 Å². The van der Waals surface area contributed by atoms with Gasteiger partial charge in [-0.2, -0.15) is 24.5 Å². The maximum Gasteiger partial charge on any atom is 0.435 e. The fourth-order valence-electron chi connectivity index (χ4n) is 2.51. The van der Waals surface area contributed by atoms with Crippen LogP contribution in [-0.4, -0.2) is 52.5 Å². The molecule has 0 aliphatic carbocycles. The molecule has 3 heterocycles. The normalized spacial score (nSPS) is 15.6. The molecule has 1 aliphatic heterocycles. The number of hydrogen-bond acceptors (Lipinski definition) is 5. The maximum absolute atomic E-state index is 13.2. The summed E-state index contributed by atoms with van der Waals surface area (Å²) in [7, 11) is 0. The number of thiophene rings is 1. The summed E-state index contributed by atoms with van der Waals surface area (Å²) in [5.41, 5.74) is -0.601. The third-order valence-corrected chi connectivity index (χ3v) is 4.44. The van der Waals surface area contributed by atoms with E-state index in [1.807, 2.05) is 0 Å². The van der Waals surface area contributed by atoms with Gasteiger partial charge in [-0.15, -0.1) is 10.2 Å². The Morgan fingerprint density at radius 2 is 1.92 bits per heavy atom. The van der Waals surface area contributed by atoms with Gasteiger partial charge < -0.3 is 14.9 Å². The number of carbonyl (C=O) groups is 1. The molecular weight excluding hydrogens is 345 g/mol. The maximum atomic E-state index is 13.2. The average Bonchev–Trinajstić information content (AvgIpc) is 3.08. The summed E-state index contributed by atoms with van der Waals surface area (Å²) in [4.78, 5) is 13.9. The second kappa shape index (κ2) is 6.27. The van der Waals surface area contributed by atoms with Crippen LogP contribution in [0, 0.1) is 0 Å². The Bertz CT molecular complexity index is 728. The molecule has 0 saturated carbocycles. The fourth-order valence-corrected chi connectivity index (χ4v) is 3.17. The third-order valence-electron chi connectivity index (χ3n) is 3.76. The Hall–Kier alpha value is -2.36. The molecule has 1 N–H and O–H groups in total. The lowest BCUT2D eigenvalue weighted by Gasteiger charge is -2.33. The lowest BCUT2D eigenvalue weighted by molar-refractivity contribution is -0.141. The molecule has 1 amide bonds. The molecule has 0 atom stereocenters. The third kappa shape index (κ3) is 3.28. The Kier molecular flexibility index (Phi) is 4.31. The smallest absolute Gasteiger partial charge is 0.435 e. The van der Waals surface area contributed by atoms with Crippen LogP contribution in [0.25, 0.3) is 11.1 Å². The van der Waals surface area contributed by atoms with E-state index < -0.39 is 18.0 Å². The van der Waals surface area contributed by atoms with Crippen LogP contribution in [0.5, 0.6) is 0 Å². The zero-order valence-corrected chi connectivity index (χ0v) is 13.1. The quantitative estimate of drug-likeness (QED) is 0.894. The second-order valence-electron chi connectivity index (χ2n) is 5.23. The molecule has 2 aromatic rings.